The van der Waals surface area contributed by atoms with E-state index in [-0.39, 0.29) is 135 Å². The summed E-state index contributed by atoms with van der Waals surface area (Å²) in [5.41, 5.74) is 15.6. The summed E-state index contributed by atoms with van der Waals surface area (Å²) < 4.78 is 78.4. The van der Waals surface area contributed by atoms with Crippen molar-refractivity contribution in [1.29, 1.82) is 0 Å². The number of nitrogens with one attached hydrogen (secondary N) is 4. The molecule has 28 nitrogen and oxygen atoms in total. The van der Waals surface area contributed by atoms with Crippen LogP contribution < -0.4 is 57.2 Å². The van der Waals surface area contributed by atoms with E-state index in [4.69, 9.17) is 18.9 Å². The van der Waals surface area contributed by atoms with Crippen LogP contribution in [0.2, 0.25) is 0 Å². The molecular weight excluding hydrogens is 1820 g/mol. The molecule has 0 amide bonds. The molecule has 36 heteroatoms. The minimum atomic E-state index is -4.94. The molecular formula is C84H132Cu4N8O20P4. The number of H-pyrrole nitrogens is 4. The topological polar surface area (TPSA) is 441 Å². The summed E-state index contributed by atoms with van der Waals surface area (Å²) in [7, 11) is -19.8. The number of aryl methyl sites for hydroxylation is 8. The number of hydrogen-bond donors (Lipinski definition) is 4. The Morgan fingerprint density at radius 1 is 0.258 bits per heavy atom. The third-order valence-corrected chi connectivity index (χ3v) is 18.2. The summed E-state index contributed by atoms with van der Waals surface area (Å²) in [5, 5.41) is 29.7. The van der Waals surface area contributed by atoms with Gasteiger partial charge in [0.2, 0.25) is 0 Å². The van der Waals surface area contributed by atoms with Crippen LogP contribution in [0, 0.1) is 55.4 Å². The van der Waals surface area contributed by atoms with E-state index in [2.05, 4.69) is 249 Å². The third-order valence-electron chi connectivity index (χ3n) is 16.6. The molecule has 0 saturated carbocycles. The molecule has 120 heavy (non-hydrogen) atoms. The van der Waals surface area contributed by atoms with Crippen molar-refractivity contribution in [2.24, 2.45) is 0 Å². The monoisotopic (exact) mass is 1950 g/mol. The van der Waals surface area contributed by atoms with E-state index in [1.54, 1.807) is 128 Å². The summed E-state index contributed by atoms with van der Waals surface area (Å²) in [5.74, 6) is 0.540. The quantitative estimate of drug-likeness (QED) is 0.0810. The Bertz CT molecular complexity index is 3680. The summed E-state index contributed by atoms with van der Waals surface area (Å²) in [6.07, 6.45) is 0. The van der Waals surface area contributed by atoms with Crippen LogP contribution in [0.1, 0.15) is 256 Å². The number of aromatic amines is 4. The van der Waals surface area contributed by atoms with Crippen LogP contribution in [0.5, 0.6) is 23.0 Å². The zero-order valence-corrected chi connectivity index (χ0v) is 83.2. The van der Waals surface area contributed by atoms with E-state index in [0.29, 0.717) is 44.5 Å². The van der Waals surface area contributed by atoms with Gasteiger partial charge < -0.3 is 94.4 Å². The molecule has 4 N–H and O–H groups in total. The van der Waals surface area contributed by atoms with E-state index in [9.17, 15) is 57.4 Å². The van der Waals surface area contributed by atoms with Crippen molar-refractivity contribution in [3.8, 4) is 23.0 Å². The van der Waals surface area contributed by atoms with Crippen LogP contribution in [0.4, 0.5) is 0 Å². The van der Waals surface area contributed by atoms with Gasteiger partial charge in [0.05, 0.1) is 75.6 Å². The van der Waals surface area contributed by atoms with Gasteiger partial charge in [-0.15, -0.1) is 0 Å². The second-order valence-electron chi connectivity index (χ2n) is 36.2. The minimum Gasteiger partial charge on any atom is -0.780 e. The Hall–Kier alpha value is -4.56. The molecule has 692 valence electrons. The van der Waals surface area contributed by atoms with Gasteiger partial charge in [0, 0.05) is 66.1 Å². The largest absolute Gasteiger partial charge is 2.00 e. The van der Waals surface area contributed by atoms with E-state index < -0.39 is 31.3 Å². The average molecular weight is 1950 g/mol. The van der Waals surface area contributed by atoms with Gasteiger partial charge in [0.1, 0.15) is 54.3 Å². The molecule has 4 radical (unpaired) electrons. The smallest absolute Gasteiger partial charge is 0.780 e. The number of nitrogens with zero attached hydrogens (tertiary/aromatic N) is 4. The molecule has 0 unspecified atom stereocenters. The average Bonchev–Trinajstić information content (AvgIpc) is 1.81. The second-order valence-corrected chi connectivity index (χ2v) is 40.5. The van der Waals surface area contributed by atoms with E-state index >= 15 is 0 Å². The first kappa shape index (κ1) is 122. The van der Waals surface area contributed by atoms with Crippen molar-refractivity contribution >= 4 is 31.3 Å². The van der Waals surface area contributed by atoms with Crippen LogP contribution in [-0.2, 0) is 149 Å². The Balaban J connectivity index is -0.000000625. The van der Waals surface area contributed by atoms with Crippen molar-refractivity contribution in [1.82, 2.24) is 40.8 Å². The number of phosphoric acid groups is 4. The van der Waals surface area contributed by atoms with Crippen molar-refractivity contribution in [2.75, 3.05) is 52.9 Å². The van der Waals surface area contributed by atoms with Crippen LogP contribution in [0.3, 0.4) is 0 Å². The Kier molecular flexibility index (Phi) is 53.3. The Morgan fingerprint density at radius 3 is 0.458 bits per heavy atom. The maximum Gasteiger partial charge on any atom is 2.00 e. The summed E-state index contributed by atoms with van der Waals surface area (Å²) in [6.45, 7) is 72.0. The third kappa shape index (κ3) is 51.2. The number of hydrogen-bond acceptors (Lipinski definition) is 24. The molecule has 0 spiro atoms. The van der Waals surface area contributed by atoms with E-state index in [1.165, 1.54) is 22.8 Å². The van der Waals surface area contributed by atoms with Gasteiger partial charge >= 0.3 is 68.3 Å². The molecule has 2 aliphatic rings. The molecule has 10 rings (SSSR count). The molecule has 0 atom stereocenters. The Labute approximate surface area is 757 Å². The van der Waals surface area contributed by atoms with Crippen LogP contribution in [0.15, 0.2) is 97.1 Å². The molecule has 4 aromatic carbocycles. The number of para-hydroxylation sites is 4. The predicted octanol–water partition coefficient (Wildman–Crippen LogP) is 14.1. The number of benzene rings is 4. The maximum atomic E-state index is 10.4. The molecule has 0 aliphatic carbocycles. The van der Waals surface area contributed by atoms with Crippen LogP contribution in [-0.4, -0.2) is 93.6 Å². The number of rotatable bonds is 8. The molecule has 2 aliphatic heterocycles. The first-order chi connectivity index (χ1) is 52.4. The minimum absolute atomic E-state index is 0. The molecule has 2 saturated heterocycles. The van der Waals surface area contributed by atoms with Gasteiger partial charge in [-0.2, -0.15) is 20.4 Å². The van der Waals surface area contributed by atoms with Gasteiger partial charge in [-0.05, 0) is 124 Å². The number of phosphoric ester groups is 4. The van der Waals surface area contributed by atoms with Gasteiger partial charge in [0.25, 0.3) is 0 Å². The van der Waals surface area contributed by atoms with Gasteiger partial charge in [-0.25, -0.2) is 0 Å². The first-order valence-corrected chi connectivity index (χ1v) is 44.0. The number of aromatic nitrogens is 8. The van der Waals surface area contributed by atoms with E-state index in [0.717, 1.165) is 75.6 Å². The molecule has 2 fully saturated rings. The fourth-order valence-electron chi connectivity index (χ4n) is 9.46. The van der Waals surface area contributed by atoms with E-state index in [1.807, 2.05) is 0 Å². The van der Waals surface area contributed by atoms with Crippen molar-refractivity contribution in [3.63, 3.8) is 0 Å². The summed E-state index contributed by atoms with van der Waals surface area (Å²) in [6, 6.07) is 29.1. The first-order valence-electron chi connectivity index (χ1n) is 38.1. The van der Waals surface area contributed by atoms with Crippen LogP contribution >= 0.6 is 31.3 Å². The maximum absolute atomic E-state index is 10.4. The molecule has 6 heterocycles. The Morgan fingerprint density at radius 2 is 0.383 bits per heavy atom. The van der Waals surface area contributed by atoms with Gasteiger partial charge in [-0.1, -0.05) is 239 Å². The van der Waals surface area contributed by atoms with Crippen LogP contribution in [0.25, 0.3) is 0 Å². The van der Waals surface area contributed by atoms with Gasteiger partial charge in [0.15, 0.2) is 0 Å². The predicted molar refractivity (Wildman–Crippen MR) is 444 cm³/mol. The SMILES string of the molecule is C1COCCO1.C1COCCO1.CC(C)(C)c1cc(C(C)(C)C)[nH]n1.CC(C)(C)c1cc(C(C)(C)C)[nH]n1.CC(C)(C)c1cc(C(C)(C)C)[nH]n1.CC(C)(C)c1cc(C(C)(C)C)[nH]n1.Cc1cccc(C)c1OP(=O)([O-])[O-].Cc1cccc(C)c1OP(=O)([O-])[O-].Cc1cccc(C)c1OP(=O)([O-])[O-].Cc1cccc(C)c1OP(=O)([O-])[O-].[Cu+2].[Cu+2].[Cu+2].[Cu+2]. The van der Waals surface area contributed by atoms with Crippen molar-refractivity contribution in [3.05, 3.63) is 187 Å². The number of ether oxygens (including phenoxy) is 4. The molecule has 4 aromatic heterocycles. The normalized spacial score (nSPS) is 13.1. The standard InChI is InChI=1S/4C11H20N2.4C8H11O4P.2C4H8O2.4Cu/c4*1-10(2,3)8-7-9(13-12-8)11(4,5)6;4*1-6-4-3-5-7(2)8(6)12-13(9,10)11;2*1-2-6-4-3-5-1;;;;/h4*7H,1-6H3,(H,12,13);4*3-5H,1-2H3,(H2,9,10,11);2*1-4H2;;;;/q;;;;;;;;;;4*+2/p-8. The summed E-state index contributed by atoms with van der Waals surface area (Å²) >= 11 is 0. The van der Waals surface area contributed by atoms with Crippen molar-refractivity contribution in [2.45, 2.75) is 265 Å². The zero-order valence-electron chi connectivity index (χ0n) is 75.8. The van der Waals surface area contributed by atoms with Crippen molar-refractivity contribution < 1.29 is 163 Å². The molecule has 8 aromatic rings. The summed E-state index contributed by atoms with van der Waals surface area (Å²) in [4.78, 5) is 82.8. The fourth-order valence-corrected chi connectivity index (χ4v) is 11.5. The fraction of sp³-hybridized carbons (Fsp3) is 0.571. The molecule has 0 bridgehead atoms. The van der Waals surface area contributed by atoms with Gasteiger partial charge in [-0.3, -0.25) is 20.4 Å². The second kappa shape index (κ2) is 52.5. The zero-order chi connectivity index (χ0) is 89.8.